The van der Waals surface area contributed by atoms with Crippen molar-refractivity contribution < 1.29 is 0 Å². The molecule has 2 heterocycles. The van der Waals surface area contributed by atoms with Crippen molar-refractivity contribution in [3.8, 4) is 0 Å². The number of nitrogens with zero attached hydrogens (tertiary/aromatic N) is 2. The van der Waals surface area contributed by atoms with E-state index in [2.05, 4.69) is 15.3 Å². The van der Waals surface area contributed by atoms with E-state index in [0.29, 0.717) is 12.3 Å². The number of pyridine rings is 1. The van der Waals surface area contributed by atoms with E-state index >= 15 is 0 Å². The predicted molar refractivity (Wildman–Crippen MR) is 66.7 cm³/mol. The first-order valence-corrected chi connectivity index (χ1v) is 6.13. The molecule has 16 heavy (non-hydrogen) atoms. The minimum Gasteiger partial charge on any atom is -0.387 e. The van der Waals surface area contributed by atoms with Crippen LogP contribution in [0, 0.1) is 0 Å². The van der Waals surface area contributed by atoms with Crippen LogP contribution in [0.1, 0.15) is 12.0 Å². The monoisotopic (exact) mass is 237 g/mol. The summed E-state index contributed by atoms with van der Waals surface area (Å²) in [5, 5.41) is 3.17. The molecule has 1 aromatic rings. The maximum absolute atomic E-state index is 5.79. The maximum atomic E-state index is 5.79. The molecular formula is C10H15N5S. The van der Waals surface area contributed by atoms with Gasteiger partial charge in [0.15, 0.2) is 0 Å². The number of hydrogen-bond acceptors (Lipinski definition) is 6. The van der Waals surface area contributed by atoms with E-state index in [1.165, 1.54) is 5.56 Å². The normalized spacial score (nSPS) is 25.2. The number of nitrogens with two attached hydrogens (primary N) is 2. The van der Waals surface area contributed by atoms with Gasteiger partial charge in [0.1, 0.15) is 5.50 Å². The van der Waals surface area contributed by atoms with Gasteiger partial charge in [-0.25, -0.2) is 4.99 Å². The Hall–Kier alpha value is -1.11. The number of thioether (sulfide) groups is 1. The third-order valence-corrected chi connectivity index (χ3v) is 3.28. The topological polar surface area (TPSA) is 89.3 Å². The highest BCUT2D eigenvalue weighted by molar-refractivity contribution is 7.99. The summed E-state index contributed by atoms with van der Waals surface area (Å²) in [5.74, 6) is 1.49. The molecule has 0 aromatic carbocycles. The van der Waals surface area contributed by atoms with Gasteiger partial charge in [0.25, 0.3) is 0 Å². The second kappa shape index (κ2) is 5.29. The molecule has 0 bridgehead atoms. The number of rotatable bonds is 3. The number of hydrogen-bond donors (Lipinski definition) is 3. The molecule has 0 radical (unpaired) electrons. The highest BCUT2D eigenvalue weighted by Gasteiger charge is 2.18. The maximum Gasteiger partial charge on any atom is 0.150 e. The fourth-order valence-electron chi connectivity index (χ4n) is 1.45. The van der Waals surface area contributed by atoms with E-state index in [-0.39, 0.29) is 11.7 Å². The Morgan fingerprint density at radius 3 is 2.88 bits per heavy atom. The number of aromatic nitrogens is 1. The quantitative estimate of drug-likeness (QED) is 0.700. The van der Waals surface area contributed by atoms with Gasteiger partial charge < -0.3 is 11.5 Å². The van der Waals surface area contributed by atoms with Crippen molar-refractivity contribution in [2.45, 2.75) is 23.8 Å². The first kappa shape index (κ1) is 11.4. The van der Waals surface area contributed by atoms with Crippen LogP contribution in [-0.2, 0) is 5.75 Å². The van der Waals surface area contributed by atoms with Gasteiger partial charge in [0.2, 0.25) is 0 Å². The minimum absolute atomic E-state index is 0.0445. The van der Waals surface area contributed by atoms with Crippen LogP contribution in [-0.4, -0.2) is 22.5 Å². The molecule has 0 saturated carbocycles. The lowest BCUT2D eigenvalue weighted by Crippen LogP contribution is -2.48. The fourth-order valence-corrected chi connectivity index (χ4v) is 2.47. The average molecular weight is 237 g/mol. The van der Waals surface area contributed by atoms with E-state index in [0.717, 1.165) is 5.75 Å². The molecule has 0 aliphatic carbocycles. The van der Waals surface area contributed by atoms with Crippen LogP contribution in [0.5, 0.6) is 0 Å². The van der Waals surface area contributed by atoms with Gasteiger partial charge in [-0.15, -0.1) is 11.8 Å². The van der Waals surface area contributed by atoms with Crippen molar-refractivity contribution >= 4 is 17.6 Å². The molecule has 0 amide bonds. The summed E-state index contributed by atoms with van der Waals surface area (Å²) >= 11 is 1.67. The lowest BCUT2D eigenvalue weighted by molar-refractivity contribution is 0.507. The van der Waals surface area contributed by atoms with Crippen molar-refractivity contribution in [1.29, 1.82) is 0 Å². The highest BCUT2D eigenvalue weighted by atomic mass is 32.2. The Labute approximate surface area is 98.7 Å². The largest absolute Gasteiger partial charge is 0.387 e. The van der Waals surface area contributed by atoms with E-state index in [9.17, 15) is 0 Å². The Bertz CT molecular complexity index is 367. The lowest BCUT2D eigenvalue weighted by atomic mass is 10.3. The molecule has 5 N–H and O–H groups in total. The molecule has 0 spiro atoms. The first-order chi connectivity index (χ1) is 7.74. The van der Waals surface area contributed by atoms with Crippen molar-refractivity contribution in [3.05, 3.63) is 30.1 Å². The van der Waals surface area contributed by atoms with E-state index in [1.807, 2.05) is 12.1 Å². The molecule has 1 aromatic heterocycles. The van der Waals surface area contributed by atoms with E-state index in [1.54, 1.807) is 24.2 Å². The summed E-state index contributed by atoms with van der Waals surface area (Å²) in [4.78, 5) is 8.27. The SMILES string of the molecule is NC1=NC(SCc2ccncc2)NC(N)C1. The van der Waals surface area contributed by atoms with Crippen LogP contribution in [0.15, 0.2) is 29.5 Å². The third kappa shape index (κ3) is 3.19. The van der Waals surface area contributed by atoms with Crippen molar-refractivity contribution in [3.63, 3.8) is 0 Å². The number of amidine groups is 1. The Morgan fingerprint density at radius 2 is 2.19 bits per heavy atom. The number of nitrogens with one attached hydrogen (secondary N) is 1. The first-order valence-electron chi connectivity index (χ1n) is 5.08. The zero-order valence-electron chi connectivity index (χ0n) is 8.84. The Morgan fingerprint density at radius 1 is 1.44 bits per heavy atom. The summed E-state index contributed by atoms with van der Waals surface area (Å²) in [5.41, 5.74) is 12.7. The molecule has 6 heteroatoms. The van der Waals surface area contributed by atoms with Crippen LogP contribution in [0.3, 0.4) is 0 Å². The summed E-state index contributed by atoms with van der Waals surface area (Å²) in [6, 6.07) is 3.98. The predicted octanol–water partition coefficient (Wildman–Crippen LogP) is 0.234. The number of aliphatic imine (C=N–C) groups is 1. The molecule has 2 unspecified atom stereocenters. The molecule has 2 atom stereocenters. The van der Waals surface area contributed by atoms with Crippen molar-refractivity contribution in [1.82, 2.24) is 10.3 Å². The smallest absolute Gasteiger partial charge is 0.150 e. The Balaban J connectivity index is 1.89. The van der Waals surface area contributed by atoms with Gasteiger partial charge in [0, 0.05) is 24.6 Å². The molecule has 5 nitrogen and oxygen atoms in total. The minimum atomic E-state index is -0.0903. The summed E-state index contributed by atoms with van der Waals surface area (Å²) < 4.78 is 0. The van der Waals surface area contributed by atoms with Crippen LogP contribution in [0.4, 0.5) is 0 Å². The molecular weight excluding hydrogens is 222 g/mol. The molecule has 86 valence electrons. The summed E-state index contributed by atoms with van der Waals surface area (Å²) in [6.07, 6.45) is 4.10. The summed E-state index contributed by atoms with van der Waals surface area (Å²) in [7, 11) is 0. The summed E-state index contributed by atoms with van der Waals surface area (Å²) in [6.45, 7) is 0. The van der Waals surface area contributed by atoms with Gasteiger partial charge in [-0.1, -0.05) is 0 Å². The van der Waals surface area contributed by atoms with E-state index in [4.69, 9.17) is 11.5 Å². The van der Waals surface area contributed by atoms with Crippen LogP contribution in [0.25, 0.3) is 0 Å². The van der Waals surface area contributed by atoms with E-state index < -0.39 is 0 Å². The van der Waals surface area contributed by atoms with Gasteiger partial charge in [-0.3, -0.25) is 10.3 Å². The molecule has 0 fully saturated rings. The molecule has 1 aliphatic rings. The van der Waals surface area contributed by atoms with Crippen molar-refractivity contribution in [2.75, 3.05) is 0 Å². The molecule has 2 rings (SSSR count). The Kier molecular flexibility index (Phi) is 3.76. The third-order valence-electron chi connectivity index (χ3n) is 2.23. The van der Waals surface area contributed by atoms with Gasteiger partial charge in [0.05, 0.1) is 12.0 Å². The highest BCUT2D eigenvalue weighted by Crippen LogP contribution is 2.19. The average Bonchev–Trinajstić information content (AvgIpc) is 2.27. The second-order valence-corrected chi connectivity index (χ2v) is 4.69. The molecule has 0 saturated heterocycles. The van der Waals surface area contributed by atoms with Gasteiger partial charge in [-0.05, 0) is 17.7 Å². The van der Waals surface area contributed by atoms with Gasteiger partial charge in [-0.2, -0.15) is 0 Å². The van der Waals surface area contributed by atoms with Crippen LogP contribution in [0.2, 0.25) is 0 Å². The lowest BCUT2D eigenvalue weighted by Gasteiger charge is -2.25. The van der Waals surface area contributed by atoms with Crippen molar-refractivity contribution in [2.24, 2.45) is 16.5 Å². The second-order valence-electron chi connectivity index (χ2n) is 3.62. The van der Waals surface area contributed by atoms with Crippen LogP contribution >= 0.6 is 11.8 Å². The van der Waals surface area contributed by atoms with Crippen LogP contribution < -0.4 is 16.8 Å². The fraction of sp³-hybridized carbons (Fsp3) is 0.400. The van der Waals surface area contributed by atoms with Gasteiger partial charge >= 0.3 is 0 Å². The zero-order valence-corrected chi connectivity index (χ0v) is 9.65. The molecule has 1 aliphatic heterocycles. The standard InChI is InChI=1S/C10H15N5S/c11-8-5-9(12)15-10(14-8)16-6-7-1-3-13-4-2-7/h1-4,8,10,14H,5-6,11H2,(H2,12,15). The zero-order chi connectivity index (χ0) is 11.4.